The first kappa shape index (κ1) is 22.2. The summed E-state index contributed by atoms with van der Waals surface area (Å²) in [5.74, 6) is 2.56. The Hall–Kier alpha value is -2.09. The van der Waals surface area contributed by atoms with E-state index in [1.807, 2.05) is 12.1 Å². The smallest absolute Gasteiger partial charge is 0.243 e. The summed E-state index contributed by atoms with van der Waals surface area (Å²) in [6.07, 6.45) is 4.25. The number of likely N-dealkylation sites (N-methyl/N-ethyl adjacent to an activating group) is 1. The molecule has 2 N–H and O–H groups in total. The predicted molar refractivity (Wildman–Crippen MR) is 119 cm³/mol. The SMILES string of the molecule is COc1cccc(N2CCCC(NC(=NCC(=O)N(C)C)NCCSC)C2)c1. The highest BCUT2D eigenvalue weighted by atomic mass is 32.2. The molecule has 0 aromatic heterocycles. The van der Waals surface area contributed by atoms with Crippen LogP contribution >= 0.6 is 11.8 Å². The van der Waals surface area contributed by atoms with Crippen LogP contribution in [0.2, 0.25) is 0 Å². The van der Waals surface area contributed by atoms with Gasteiger partial charge in [-0.15, -0.1) is 0 Å². The van der Waals surface area contributed by atoms with Gasteiger partial charge in [0.2, 0.25) is 5.91 Å². The van der Waals surface area contributed by atoms with Crippen molar-refractivity contribution in [2.24, 2.45) is 4.99 Å². The molecule has 1 heterocycles. The number of rotatable bonds is 8. The van der Waals surface area contributed by atoms with Crippen LogP contribution in [0.1, 0.15) is 12.8 Å². The van der Waals surface area contributed by atoms with Gasteiger partial charge in [-0.1, -0.05) is 6.07 Å². The number of nitrogens with zero attached hydrogens (tertiary/aromatic N) is 3. The molecule has 1 aromatic carbocycles. The lowest BCUT2D eigenvalue weighted by atomic mass is 10.0. The van der Waals surface area contributed by atoms with Crippen molar-refractivity contribution in [1.82, 2.24) is 15.5 Å². The van der Waals surface area contributed by atoms with Crippen LogP contribution < -0.4 is 20.3 Å². The molecule has 1 fully saturated rings. The van der Waals surface area contributed by atoms with Crippen molar-refractivity contribution in [1.29, 1.82) is 0 Å². The molecular formula is C20H33N5O2S. The Balaban J connectivity index is 2.00. The minimum Gasteiger partial charge on any atom is -0.497 e. The fourth-order valence-electron chi connectivity index (χ4n) is 3.04. The third kappa shape index (κ3) is 7.14. The highest BCUT2D eigenvalue weighted by Crippen LogP contribution is 2.24. The highest BCUT2D eigenvalue weighted by Gasteiger charge is 2.21. The zero-order valence-electron chi connectivity index (χ0n) is 17.4. The zero-order chi connectivity index (χ0) is 20.4. The Morgan fingerprint density at radius 3 is 2.96 bits per heavy atom. The molecule has 0 radical (unpaired) electrons. The van der Waals surface area contributed by atoms with E-state index in [0.29, 0.717) is 5.96 Å². The van der Waals surface area contributed by atoms with Crippen molar-refractivity contribution in [2.45, 2.75) is 18.9 Å². The molecule has 0 aliphatic carbocycles. The number of amides is 1. The minimum atomic E-state index is -0.00684. The van der Waals surface area contributed by atoms with Gasteiger partial charge >= 0.3 is 0 Å². The van der Waals surface area contributed by atoms with E-state index in [4.69, 9.17) is 4.74 Å². The van der Waals surface area contributed by atoms with Crippen LogP contribution in [0, 0.1) is 0 Å². The van der Waals surface area contributed by atoms with Crippen molar-refractivity contribution >= 4 is 29.3 Å². The molecule has 0 saturated carbocycles. The van der Waals surface area contributed by atoms with Gasteiger partial charge in [0, 0.05) is 57.3 Å². The second-order valence-corrected chi connectivity index (χ2v) is 7.99. The van der Waals surface area contributed by atoms with Gasteiger partial charge in [0.25, 0.3) is 0 Å². The monoisotopic (exact) mass is 407 g/mol. The highest BCUT2D eigenvalue weighted by molar-refractivity contribution is 7.98. The molecule has 1 amide bonds. The van der Waals surface area contributed by atoms with Gasteiger partial charge in [-0.25, -0.2) is 4.99 Å². The first-order valence-electron chi connectivity index (χ1n) is 9.66. The molecule has 2 rings (SSSR count). The van der Waals surface area contributed by atoms with Gasteiger partial charge in [-0.2, -0.15) is 11.8 Å². The zero-order valence-corrected chi connectivity index (χ0v) is 18.2. The Kier molecular flexibility index (Phi) is 9.27. The molecule has 1 aliphatic heterocycles. The van der Waals surface area contributed by atoms with Gasteiger partial charge < -0.3 is 25.2 Å². The Morgan fingerprint density at radius 1 is 1.43 bits per heavy atom. The fraction of sp³-hybridized carbons (Fsp3) is 0.600. The van der Waals surface area contributed by atoms with Crippen molar-refractivity contribution in [3.8, 4) is 5.75 Å². The number of methoxy groups -OCH3 is 1. The number of carbonyl (C=O) groups is 1. The van der Waals surface area contributed by atoms with E-state index in [9.17, 15) is 4.79 Å². The predicted octanol–water partition coefficient (Wildman–Crippen LogP) is 1.65. The molecule has 7 nitrogen and oxygen atoms in total. The van der Waals surface area contributed by atoms with Gasteiger partial charge in [0.15, 0.2) is 5.96 Å². The summed E-state index contributed by atoms with van der Waals surface area (Å²) >= 11 is 1.78. The Morgan fingerprint density at radius 2 is 2.25 bits per heavy atom. The number of ether oxygens (including phenoxy) is 1. The van der Waals surface area contributed by atoms with Crippen molar-refractivity contribution < 1.29 is 9.53 Å². The summed E-state index contributed by atoms with van der Waals surface area (Å²) in [7, 11) is 5.19. The van der Waals surface area contributed by atoms with Crippen LogP contribution in [-0.4, -0.2) is 82.2 Å². The van der Waals surface area contributed by atoms with Gasteiger partial charge in [-0.3, -0.25) is 4.79 Å². The average Bonchev–Trinajstić information content (AvgIpc) is 2.72. The summed E-state index contributed by atoms with van der Waals surface area (Å²) in [6, 6.07) is 8.45. The Labute approximate surface area is 172 Å². The molecule has 1 atom stereocenters. The third-order valence-electron chi connectivity index (χ3n) is 4.65. The number of piperidine rings is 1. The van der Waals surface area contributed by atoms with E-state index in [-0.39, 0.29) is 18.5 Å². The topological polar surface area (TPSA) is 69.2 Å². The van der Waals surface area contributed by atoms with E-state index in [1.165, 1.54) is 5.69 Å². The minimum absolute atomic E-state index is 0.00684. The maximum absolute atomic E-state index is 11.9. The molecule has 1 aliphatic rings. The van der Waals surface area contributed by atoms with Crippen LogP contribution in [0.4, 0.5) is 5.69 Å². The lowest BCUT2D eigenvalue weighted by molar-refractivity contribution is -0.127. The van der Waals surface area contributed by atoms with Gasteiger partial charge in [0.05, 0.1) is 7.11 Å². The van der Waals surface area contributed by atoms with Gasteiger partial charge in [-0.05, 0) is 31.2 Å². The summed E-state index contributed by atoms with van der Waals surface area (Å²) in [6.45, 7) is 2.87. The number of carbonyl (C=O) groups excluding carboxylic acids is 1. The van der Waals surface area contributed by atoms with E-state index in [2.05, 4.69) is 38.9 Å². The number of hydrogen-bond acceptors (Lipinski definition) is 5. The van der Waals surface area contributed by atoms with Crippen LogP contribution in [-0.2, 0) is 4.79 Å². The number of aliphatic imine (C=N–C) groups is 1. The average molecular weight is 408 g/mol. The van der Waals surface area contributed by atoms with Crippen LogP contribution in [0.15, 0.2) is 29.3 Å². The standard InChI is InChI=1S/C20H33N5O2S/c1-24(2)19(26)14-22-20(21-10-12-28-4)23-16-7-6-11-25(15-16)17-8-5-9-18(13-17)27-3/h5,8-9,13,16H,6-7,10-12,14-15H2,1-4H3,(H2,21,22,23). The third-order valence-corrected chi connectivity index (χ3v) is 5.26. The molecule has 8 heteroatoms. The number of thioether (sulfide) groups is 1. The largest absolute Gasteiger partial charge is 0.497 e. The number of hydrogen-bond donors (Lipinski definition) is 2. The van der Waals surface area contributed by atoms with Crippen LogP contribution in [0.25, 0.3) is 0 Å². The summed E-state index contributed by atoms with van der Waals surface area (Å²) in [4.78, 5) is 20.3. The first-order chi connectivity index (χ1) is 13.5. The van der Waals surface area contributed by atoms with E-state index < -0.39 is 0 Å². The first-order valence-corrected chi connectivity index (χ1v) is 11.1. The molecule has 1 aromatic rings. The Bertz CT molecular complexity index is 653. The van der Waals surface area contributed by atoms with Crippen molar-refractivity contribution in [3.05, 3.63) is 24.3 Å². The summed E-state index contributed by atoms with van der Waals surface area (Å²) in [5.41, 5.74) is 1.17. The maximum Gasteiger partial charge on any atom is 0.243 e. The van der Waals surface area contributed by atoms with E-state index in [1.54, 1.807) is 37.9 Å². The normalized spacial score (nSPS) is 17.2. The lowest BCUT2D eigenvalue weighted by Gasteiger charge is -2.35. The lowest BCUT2D eigenvalue weighted by Crippen LogP contribution is -2.51. The molecule has 1 saturated heterocycles. The molecule has 1 unspecified atom stereocenters. The van der Waals surface area contributed by atoms with Crippen LogP contribution in [0.5, 0.6) is 5.75 Å². The van der Waals surface area contributed by atoms with Crippen molar-refractivity contribution in [3.63, 3.8) is 0 Å². The molecule has 0 bridgehead atoms. The van der Waals surface area contributed by atoms with E-state index in [0.717, 1.165) is 44.0 Å². The number of anilines is 1. The van der Waals surface area contributed by atoms with Crippen LogP contribution in [0.3, 0.4) is 0 Å². The molecule has 28 heavy (non-hydrogen) atoms. The van der Waals surface area contributed by atoms with Crippen molar-refractivity contribution in [2.75, 3.05) is 64.3 Å². The number of nitrogens with one attached hydrogen (secondary N) is 2. The molecular weight excluding hydrogens is 374 g/mol. The quantitative estimate of drug-likeness (QED) is 0.388. The fourth-order valence-corrected chi connectivity index (χ4v) is 3.35. The maximum atomic E-state index is 11.9. The summed E-state index contributed by atoms with van der Waals surface area (Å²) in [5, 5.41) is 6.87. The molecule has 156 valence electrons. The van der Waals surface area contributed by atoms with E-state index >= 15 is 0 Å². The second kappa shape index (κ2) is 11.7. The number of guanidine groups is 1. The molecule has 0 spiro atoms. The number of benzene rings is 1. The van der Waals surface area contributed by atoms with Gasteiger partial charge in [0.1, 0.15) is 12.3 Å². The second-order valence-electron chi connectivity index (χ2n) is 7.00. The summed E-state index contributed by atoms with van der Waals surface area (Å²) < 4.78 is 5.36.